The van der Waals surface area contributed by atoms with Crippen LogP contribution in [0.2, 0.25) is 5.02 Å². The first kappa shape index (κ1) is 15.4. The standard InChI is InChI=1S/C13H7BrClFN2O3/c14-8-1-7(2-9(15)3-8)13(19)17-11-4-10(16)5-12(6-11)18(20)21/h1-6H,(H,17,19). The van der Waals surface area contributed by atoms with Gasteiger partial charge >= 0.3 is 0 Å². The minimum absolute atomic E-state index is 0.0113. The summed E-state index contributed by atoms with van der Waals surface area (Å²) in [6, 6.07) is 7.38. The lowest BCUT2D eigenvalue weighted by atomic mass is 10.2. The zero-order valence-electron chi connectivity index (χ0n) is 10.3. The van der Waals surface area contributed by atoms with Crippen molar-refractivity contribution >= 4 is 44.8 Å². The van der Waals surface area contributed by atoms with E-state index < -0.39 is 22.3 Å². The quantitative estimate of drug-likeness (QED) is 0.640. The number of nitro groups is 1. The highest BCUT2D eigenvalue weighted by Gasteiger charge is 2.13. The zero-order valence-corrected chi connectivity index (χ0v) is 12.6. The van der Waals surface area contributed by atoms with Gasteiger partial charge in [-0.3, -0.25) is 14.9 Å². The van der Waals surface area contributed by atoms with Crippen molar-refractivity contribution in [2.45, 2.75) is 0 Å². The van der Waals surface area contributed by atoms with Crippen LogP contribution >= 0.6 is 27.5 Å². The number of halogens is 3. The lowest BCUT2D eigenvalue weighted by Crippen LogP contribution is -2.12. The van der Waals surface area contributed by atoms with Crippen molar-refractivity contribution in [2.24, 2.45) is 0 Å². The molecular formula is C13H7BrClFN2O3. The lowest BCUT2D eigenvalue weighted by Gasteiger charge is -2.06. The SMILES string of the molecule is O=C(Nc1cc(F)cc([N+](=O)[O-])c1)c1cc(Cl)cc(Br)c1. The van der Waals surface area contributed by atoms with E-state index in [4.69, 9.17) is 11.6 Å². The topological polar surface area (TPSA) is 72.2 Å². The molecule has 21 heavy (non-hydrogen) atoms. The van der Waals surface area contributed by atoms with Gasteiger partial charge in [-0.05, 0) is 24.3 Å². The fraction of sp³-hybridized carbons (Fsp3) is 0. The van der Waals surface area contributed by atoms with Crippen LogP contribution in [-0.4, -0.2) is 10.8 Å². The van der Waals surface area contributed by atoms with Gasteiger partial charge in [0.1, 0.15) is 5.82 Å². The molecule has 2 rings (SSSR count). The van der Waals surface area contributed by atoms with Gasteiger partial charge in [-0.2, -0.15) is 0 Å². The molecule has 0 aliphatic carbocycles. The highest BCUT2D eigenvalue weighted by Crippen LogP contribution is 2.23. The molecule has 0 heterocycles. The minimum Gasteiger partial charge on any atom is -0.322 e. The van der Waals surface area contributed by atoms with Crippen LogP contribution in [0.25, 0.3) is 0 Å². The van der Waals surface area contributed by atoms with Crippen LogP contribution in [0.3, 0.4) is 0 Å². The highest BCUT2D eigenvalue weighted by atomic mass is 79.9. The monoisotopic (exact) mass is 372 g/mol. The molecule has 0 saturated carbocycles. The van der Waals surface area contributed by atoms with Crippen LogP contribution in [0.1, 0.15) is 10.4 Å². The van der Waals surface area contributed by atoms with Crippen LogP contribution < -0.4 is 5.32 Å². The predicted octanol–water partition coefficient (Wildman–Crippen LogP) is 4.40. The van der Waals surface area contributed by atoms with Crippen molar-refractivity contribution in [2.75, 3.05) is 5.32 Å². The van der Waals surface area contributed by atoms with Gasteiger partial charge in [-0.1, -0.05) is 27.5 Å². The maximum absolute atomic E-state index is 13.3. The van der Waals surface area contributed by atoms with Crippen LogP contribution in [0.4, 0.5) is 15.8 Å². The number of hydrogen-bond donors (Lipinski definition) is 1. The van der Waals surface area contributed by atoms with E-state index in [1.165, 1.54) is 12.1 Å². The van der Waals surface area contributed by atoms with E-state index in [2.05, 4.69) is 21.2 Å². The number of nitrogens with zero attached hydrogens (tertiary/aromatic N) is 1. The molecule has 2 aromatic carbocycles. The van der Waals surface area contributed by atoms with Crippen LogP contribution in [-0.2, 0) is 0 Å². The summed E-state index contributed by atoms with van der Waals surface area (Å²) < 4.78 is 13.9. The maximum Gasteiger partial charge on any atom is 0.274 e. The first-order chi connectivity index (χ1) is 9.85. The molecule has 1 amide bonds. The number of rotatable bonds is 3. The van der Waals surface area contributed by atoms with Gasteiger partial charge in [-0.15, -0.1) is 0 Å². The second kappa shape index (κ2) is 6.19. The smallest absolute Gasteiger partial charge is 0.274 e. The van der Waals surface area contributed by atoms with Gasteiger partial charge in [0.25, 0.3) is 11.6 Å². The molecule has 0 radical (unpaired) electrons. The van der Waals surface area contributed by atoms with Crippen molar-refractivity contribution < 1.29 is 14.1 Å². The molecule has 2 aromatic rings. The molecule has 0 bridgehead atoms. The molecule has 1 N–H and O–H groups in total. The first-order valence-corrected chi connectivity index (χ1v) is 6.74. The van der Waals surface area contributed by atoms with Crippen LogP contribution in [0.5, 0.6) is 0 Å². The number of carbonyl (C=O) groups is 1. The number of carbonyl (C=O) groups excluding carboxylic acids is 1. The van der Waals surface area contributed by atoms with E-state index in [1.54, 1.807) is 6.07 Å². The maximum atomic E-state index is 13.3. The summed E-state index contributed by atoms with van der Waals surface area (Å²) >= 11 is 9.03. The summed E-state index contributed by atoms with van der Waals surface area (Å²) in [4.78, 5) is 21.9. The average molecular weight is 374 g/mol. The van der Waals surface area contributed by atoms with E-state index in [0.717, 1.165) is 18.2 Å². The fourth-order valence-corrected chi connectivity index (χ4v) is 2.50. The molecule has 0 saturated heterocycles. The number of nitrogens with one attached hydrogen (secondary N) is 1. The fourth-order valence-electron chi connectivity index (χ4n) is 1.64. The van der Waals surface area contributed by atoms with Gasteiger partial charge < -0.3 is 5.32 Å². The molecule has 5 nitrogen and oxygen atoms in total. The van der Waals surface area contributed by atoms with Crippen molar-refractivity contribution in [1.82, 2.24) is 0 Å². The minimum atomic E-state index is -0.813. The number of amides is 1. The third-order valence-corrected chi connectivity index (χ3v) is 3.15. The lowest BCUT2D eigenvalue weighted by molar-refractivity contribution is -0.385. The highest BCUT2D eigenvalue weighted by molar-refractivity contribution is 9.10. The second-order valence-electron chi connectivity index (χ2n) is 4.07. The normalized spacial score (nSPS) is 10.2. The summed E-state index contributed by atoms with van der Waals surface area (Å²) in [6.45, 7) is 0. The zero-order chi connectivity index (χ0) is 15.6. The third-order valence-electron chi connectivity index (χ3n) is 2.48. The molecule has 0 fully saturated rings. The van der Waals surface area contributed by atoms with Crippen LogP contribution in [0, 0.1) is 15.9 Å². The summed E-state index contributed by atoms with van der Waals surface area (Å²) in [6.07, 6.45) is 0. The summed E-state index contributed by atoms with van der Waals surface area (Å²) in [7, 11) is 0. The molecule has 0 spiro atoms. The van der Waals surface area contributed by atoms with Gasteiger partial charge in [0.15, 0.2) is 0 Å². The number of nitro benzene ring substituents is 1. The Balaban J connectivity index is 2.29. The van der Waals surface area contributed by atoms with E-state index in [9.17, 15) is 19.3 Å². The Morgan fingerprint density at radius 3 is 2.57 bits per heavy atom. The molecular weight excluding hydrogens is 367 g/mol. The Labute approximate surface area is 132 Å². The first-order valence-electron chi connectivity index (χ1n) is 5.57. The summed E-state index contributed by atoms with van der Waals surface area (Å²) in [5.41, 5.74) is -0.221. The second-order valence-corrected chi connectivity index (χ2v) is 5.42. The molecule has 0 unspecified atom stereocenters. The van der Waals surface area contributed by atoms with Gasteiger partial charge in [-0.25, -0.2) is 4.39 Å². The van der Waals surface area contributed by atoms with Gasteiger partial charge in [0.2, 0.25) is 0 Å². The Morgan fingerprint density at radius 1 is 1.24 bits per heavy atom. The van der Waals surface area contributed by atoms with E-state index in [-0.39, 0.29) is 11.3 Å². The van der Waals surface area contributed by atoms with E-state index >= 15 is 0 Å². The molecule has 0 aliphatic heterocycles. The molecule has 0 aromatic heterocycles. The van der Waals surface area contributed by atoms with Crippen LogP contribution in [0.15, 0.2) is 40.9 Å². The number of non-ortho nitro benzene ring substituents is 1. The van der Waals surface area contributed by atoms with E-state index in [0.29, 0.717) is 9.50 Å². The Bertz CT molecular complexity index is 719. The third kappa shape index (κ3) is 3.99. The average Bonchev–Trinajstić information content (AvgIpc) is 2.36. The van der Waals surface area contributed by atoms with Gasteiger partial charge in [0, 0.05) is 21.1 Å². The van der Waals surface area contributed by atoms with E-state index in [1.807, 2.05) is 0 Å². The number of hydrogen-bond acceptors (Lipinski definition) is 3. The largest absolute Gasteiger partial charge is 0.322 e. The molecule has 0 atom stereocenters. The predicted molar refractivity (Wildman–Crippen MR) is 80.2 cm³/mol. The van der Waals surface area contributed by atoms with Crippen molar-refractivity contribution in [3.05, 3.63) is 67.4 Å². The molecule has 8 heteroatoms. The van der Waals surface area contributed by atoms with Crippen molar-refractivity contribution in [1.29, 1.82) is 0 Å². The Kier molecular flexibility index (Phi) is 4.54. The number of benzene rings is 2. The summed E-state index contributed by atoms with van der Waals surface area (Å²) in [5.74, 6) is -1.37. The Hall–Kier alpha value is -1.99. The van der Waals surface area contributed by atoms with Crippen molar-refractivity contribution in [3.8, 4) is 0 Å². The molecule has 108 valence electrons. The molecule has 0 aliphatic rings. The Morgan fingerprint density at radius 2 is 1.95 bits per heavy atom. The van der Waals surface area contributed by atoms with Gasteiger partial charge in [0.05, 0.1) is 16.7 Å². The summed E-state index contributed by atoms with van der Waals surface area (Å²) in [5, 5.41) is 13.4. The number of anilines is 1. The van der Waals surface area contributed by atoms with Crippen molar-refractivity contribution in [3.63, 3.8) is 0 Å².